The van der Waals surface area contributed by atoms with Crippen LogP contribution in [0.1, 0.15) is 26.7 Å². The van der Waals surface area contributed by atoms with Crippen LogP contribution in [0.25, 0.3) is 0 Å². The summed E-state index contributed by atoms with van der Waals surface area (Å²) >= 11 is 0. The summed E-state index contributed by atoms with van der Waals surface area (Å²) in [7, 11) is 0. The molecule has 1 heterocycles. The molecule has 2 atom stereocenters. The van der Waals surface area contributed by atoms with Crippen LogP contribution in [0.4, 0.5) is 0 Å². The lowest BCUT2D eigenvalue weighted by Crippen LogP contribution is -2.23. The quantitative estimate of drug-likeness (QED) is 0.532. The lowest BCUT2D eigenvalue weighted by atomic mass is 10.2. The number of likely N-dealkylation sites (tertiary alicyclic amines) is 1. The molecule has 1 saturated carbocycles. The molecule has 0 aromatic carbocycles. The van der Waals surface area contributed by atoms with E-state index < -0.39 is 0 Å². The van der Waals surface area contributed by atoms with Gasteiger partial charge in [0.05, 0.1) is 6.54 Å². The first-order valence-electron chi connectivity index (χ1n) is 5.00. The number of hydrogen-bond donors (Lipinski definition) is 0. The highest BCUT2D eigenvalue weighted by atomic mass is 15.2. The SMILES string of the molecule is CC(C)C#CCN1CCC2CC21. The van der Waals surface area contributed by atoms with Gasteiger partial charge >= 0.3 is 0 Å². The largest absolute Gasteiger partial charge is 0.289 e. The highest BCUT2D eigenvalue weighted by Crippen LogP contribution is 2.43. The van der Waals surface area contributed by atoms with Crippen molar-refractivity contribution in [3.05, 3.63) is 0 Å². The van der Waals surface area contributed by atoms with Crippen molar-refractivity contribution in [2.24, 2.45) is 11.8 Å². The van der Waals surface area contributed by atoms with Crippen molar-refractivity contribution in [2.45, 2.75) is 32.7 Å². The molecule has 12 heavy (non-hydrogen) atoms. The Bertz CT molecular complexity index is 221. The van der Waals surface area contributed by atoms with Crippen LogP contribution in [0.2, 0.25) is 0 Å². The molecule has 1 saturated heterocycles. The van der Waals surface area contributed by atoms with E-state index in [9.17, 15) is 0 Å². The summed E-state index contributed by atoms with van der Waals surface area (Å²) in [5.74, 6) is 8.06. The molecular formula is C11H17N. The molecule has 1 heteroatoms. The average molecular weight is 163 g/mol. The van der Waals surface area contributed by atoms with Gasteiger partial charge in [0.1, 0.15) is 0 Å². The minimum Gasteiger partial charge on any atom is -0.289 e. The van der Waals surface area contributed by atoms with Gasteiger partial charge in [0.25, 0.3) is 0 Å². The van der Waals surface area contributed by atoms with Gasteiger partial charge in [0.2, 0.25) is 0 Å². The standard InChI is InChI=1S/C11H17N/c1-9(2)4-3-6-12-7-5-10-8-11(10)12/h9-11H,5-8H2,1-2H3. The van der Waals surface area contributed by atoms with E-state index in [1.54, 1.807) is 0 Å². The molecule has 2 rings (SSSR count). The van der Waals surface area contributed by atoms with Crippen molar-refractivity contribution in [1.82, 2.24) is 4.90 Å². The topological polar surface area (TPSA) is 3.24 Å². The Morgan fingerprint density at radius 1 is 1.50 bits per heavy atom. The third-order valence-corrected chi connectivity index (χ3v) is 2.81. The van der Waals surface area contributed by atoms with Crippen molar-refractivity contribution in [3.63, 3.8) is 0 Å². The van der Waals surface area contributed by atoms with E-state index in [2.05, 4.69) is 30.6 Å². The Balaban J connectivity index is 1.77. The maximum absolute atomic E-state index is 3.26. The smallest absolute Gasteiger partial charge is 0.0604 e. The monoisotopic (exact) mass is 163 g/mol. The number of rotatable bonds is 1. The fourth-order valence-corrected chi connectivity index (χ4v) is 2.03. The van der Waals surface area contributed by atoms with Gasteiger partial charge < -0.3 is 0 Å². The Morgan fingerprint density at radius 2 is 2.33 bits per heavy atom. The highest BCUT2D eigenvalue weighted by Gasteiger charge is 2.46. The zero-order valence-corrected chi connectivity index (χ0v) is 8.01. The minimum absolute atomic E-state index is 0.530. The number of piperidine rings is 1. The predicted octanol–water partition coefficient (Wildman–Crippen LogP) is 1.74. The van der Waals surface area contributed by atoms with Crippen molar-refractivity contribution < 1.29 is 0 Å². The van der Waals surface area contributed by atoms with Crippen LogP contribution in [0, 0.1) is 23.7 Å². The summed E-state index contributed by atoms with van der Waals surface area (Å²) in [4.78, 5) is 2.54. The van der Waals surface area contributed by atoms with E-state index in [1.165, 1.54) is 19.4 Å². The zero-order chi connectivity index (χ0) is 8.55. The van der Waals surface area contributed by atoms with Gasteiger partial charge in [0, 0.05) is 12.0 Å². The molecule has 1 aliphatic heterocycles. The highest BCUT2D eigenvalue weighted by molar-refractivity contribution is 5.08. The second kappa shape index (κ2) is 3.11. The molecule has 66 valence electrons. The van der Waals surface area contributed by atoms with Crippen LogP contribution in [0.5, 0.6) is 0 Å². The summed E-state index contributed by atoms with van der Waals surface area (Å²) in [6, 6.07) is 0.923. The molecule has 2 aliphatic rings. The lowest BCUT2D eigenvalue weighted by molar-refractivity contribution is 0.338. The molecule has 0 bridgehead atoms. The molecule has 1 aliphatic carbocycles. The van der Waals surface area contributed by atoms with E-state index in [0.717, 1.165) is 18.5 Å². The Kier molecular flexibility index (Phi) is 2.11. The molecule has 2 unspecified atom stereocenters. The molecule has 2 fully saturated rings. The summed E-state index contributed by atoms with van der Waals surface area (Å²) in [5, 5.41) is 0. The Hall–Kier alpha value is -0.480. The van der Waals surface area contributed by atoms with Crippen LogP contribution in [0.15, 0.2) is 0 Å². The third kappa shape index (κ3) is 1.64. The lowest BCUT2D eigenvalue weighted by Gasteiger charge is -2.12. The maximum Gasteiger partial charge on any atom is 0.0604 e. The number of nitrogens with zero attached hydrogens (tertiary/aromatic N) is 1. The fraction of sp³-hybridized carbons (Fsp3) is 0.818. The van der Waals surface area contributed by atoms with Gasteiger partial charge in [0.15, 0.2) is 0 Å². The zero-order valence-electron chi connectivity index (χ0n) is 8.01. The van der Waals surface area contributed by atoms with E-state index in [4.69, 9.17) is 0 Å². The van der Waals surface area contributed by atoms with Gasteiger partial charge in [-0.3, -0.25) is 4.90 Å². The van der Waals surface area contributed by atoms with Gasteiger partial charge in [-0.15, -0.1) is 0 Å². The molecule has 1 nitrogen and oxygen atoms in total. The van der Waals surface area contributed by atoms with Crippen molar-refractivity contribution in [3.8, 4) is 11.8 Å². The average Bonchev–Trinajstić information content (AvgIpc) is 2.68. The Morgan fingerprint density at radius 3 is 2.83 bits per heavy atom. The van der Waals surface area contributed by atoms with Gasteiger partial charge in [-0.25, -0.2) is 0 Å². The van der Waals surface area contributed by atoms with Crippen LogP contribution in [0.3, 0.4) is 0 Å². The fourth-order valence-electron chi connectivity index (χ4n) is 2.03. The van der Waals surface area contributed by atoms with E-state index in [-0.39, 0.29) is 0 Å². The molecule has 0 aromatic heterocycles. The van der Waals surface area contributed by atoms with Crippen LogP contribution >= 0.6 is 0 Å². The first-order chi connectivity index (χ1) is 5.77. The second-order valence-corrected chi connectivity index (χ2v) is 4.30. The van der Waals surface area contributed by atoms with Crippen LogP contribution in [-0.2, 0) is 0 Å². The summed E-state index contributed by atoms with van der Waals surface area (Å²) in [6.45, 7) is 6.61. The summed E-state index contributed by atoms with van der Waals surface area (Å²) in [5.41, 5.74) is 0. The van der Waals surface area contributed by atoms with Crippen LogP contribution < -0.4 is 0 Å². The first kappa shape index (κ1) is 8.13. The maximum atomic E-state index is 3.26. The van der Waals surface area contributed by atoms with Gasteiger partial charge in [-0.1, -0.05) is 25.7 Å². The van der Waals surface area contributed by atoms with Crippen LogP contribution in [-0.4, -0.2) is 24.0 Å². The predicted molar refractivity (Wildman–Crippen MR) is 50.7 cm³/mol. The van der Waals surface area contributed by atoms with Gasteiger partial charge in [-0.2, -0.15) is 0 Å². The number of hydrogen-bond acceptors (Lipinski definition) is 1. The molecular weight excluding hydrogens is 146 g/mol. The molecule has 0 radical (unpaired) electrons. The van der Waals surface area contributed by atoms with E-state index in [1.807, 2.05) is 0 Å². The summed E-state index contributed by atoms with van der Waals surface area (Å²) < 4.78 is 0. The van der Waals surface area contributed by atoms with Gasteiger partial charge in [-0.05, 0) is 25.3 Å². The Labute approximate surface area is 75.1 Å². The molecule has 0 amide bonds. The normalized spacial score (nSPS) is 32.9. The second-order valence-electron chi connectivity index (χ2n) is 4.30. The minimum atomic E-state index is 0.530. The molecule has 0 spiro atoms. The van der Waals surface area contributed by atoms with E-state index >= 15 is 0 Å². The number of fused-ring (bicyclic) bond motifs is 1. The van der Waals surface area contributed by atoms with E-state index in [0.29, 0.717) is 5.92 Å². The molecule has 0 aromatic rings. The molecule has 0 N–H and O–H groups in total. The summed E-state index contributed by atoms with van der Waals surface area (Å²) in [6.07, 6.45) is 2.87. The van der Waals surface area contributed by atoms with Crippen molar-refractivity contribution in [1.29, 1.82) is 0 Å². The van der Waals surface area contributed by atoms with Crippen molar-refractivity contribution >= 4 is 0 Å². The van der Waals surface area contributed by atoms with Crippen molar-refractivity contribution in [2.75, 3.05) is 13.1 Å². The third-order valence-electron chi connectivity index (χ3n) is 2.81. The first-order valence-corrected chi connectivity index (χ1v) is 5.00.